The number of hydrogen-bond acceptors (Lipinski definition) is 6. The molecule has 1 aromatic carbocycles. The molecule has 1 N–H and O–H groups in total. The molecule has 0 spiro atoms. The van der Waals surface area contributed by atoms with Crippen molar-refractivity contribution in [2.24, 2.45) is 0 Å². The first-order valence-corrected chi connectivity index (χ1v) is 7.10. The molecular formula is C11H14N2O7S. The topological polar surface area (TPSA) is 127 Å². The number of methoxy groups -OCH3 is 1. The SMILES string of the molecule is COc1cc(S(=O)(=O)N(C)C(C)C(=O)O)ccc1[N+](=O)[O-]. The zero-order valence-electron chi connectivity index (χ0n) is 11.5. The molecule has 0 saturated carbocycles. The van der Waals surface area contributed by atoms with E-state index < -0.39 is 27.0 Å². The van der Waals surface area contributed by atoms with Crippen LogP contribution in [0.3, 0.4) is 0 Å². The normalized spacial score (nSPS) is 13.0. The maximum atomic E-state index is 12.3. The van der Waals surface area contributed by atoms with Crippen molar-refractivity contribution in [3.63, 3.8) is 0 Å². The lowest BCUT2D eigenvalue weighted by molar-refractivity contribution is -0.385. The van der Waals surface area contributed by atoms with E-state index in [1.165, 1.54) is 14.0 Å². The Morgan fingerprint density at radius 1 is 1.48 bits per heavy atom. The summed E-state index contributed by atoms with van der Waals surface area (Å²) in [5.74, 6) is -1.53. The molecule has 116 valence electrons. The van der Waals surface area contributed by atoms with Gasteiger partial charge in [-0.05, 0) is 13.0 Å². The highest BCUT2D eigenvalue weighted by Gasteiger charge is 2.31. The number of carbonyl (C=O) groups is 1. The van der Waals surface area contributed by atoms with Gasteiger partial charge in [0, 0.05) is 19.2 Å². The summed E-state index contributed by atoms with van der Waals surface area (Å²) in [6.45, 7) is 1.21. The molecule has 0 aliphatic heterocycles. The second kappa shape index (κ2) is 6.06. The van der Waals surface area contributed by atoms with Crippen LogP contribution in [-0.2, 0) is 14.8 Å². The highest BCUT2D eigenvalue weighted by atomic mass is 32.2. The Morgan fingerprint density at radius 3 is 2.48 bits per heavy atom. The fourth-order valence-corrected chi connectivity index (χ4v) is 2.83. The Balaban J connectivity index is 3.33. The predicted octanol–water partition coefficient (Wildman–Crippen LogP) is 0.697. The van der Waals surface area contributed by atoms with Crippen LogP contribution in [-0.4, -0.2) is 48.9 Å². The minimum atomic E-state index is -4.11. The van der Waals surface area contributed by atoms with Gasteiger partial charge in [0.2, 0.25) is 10.0 Å². The van der Waals surface area contributed by atoms with E-state index >= 15 is 0 Å². The van der Waals surface area contributed by atoms with Crippen molar-refractivity contribution in [2.75, 3.05) is 14.2 Å². The number of carboxylic acid groups (broad SMARTS) is 1. The highest BCUT2D eigenvalue weighted by molar-refractivity contribution is 7.89. The van der Waals surface area contributed by atoms with Crippen LogP contribution in [0.4, 0.5) is 5.69 Å². The van der Waals surface area contributed by atoms with E-state index in [4.69, 9.17) is 9.84 Å². The quantitative estimate of drug-likeness (QED) is 0.604. The van der Waals surface area contributed by atoms with Gasteiger partial charge in [0.25, 0.3) is 0 Å². The predicted molar refractivity (Wildman–Crippen MR) is 71.7 cm³/mol. The van der Waals surface area contributed by atoms with Crippen molar-refractivity contribution in [3.05, 3.63) is 28.3 Å². The number of nitro groups is 1. The van der Waals surface area contributed by atoms with Gasteiger partial charge in [-0.3, -0.25) is 14.9 Å². The summed E-state index contributed by atoms with van der Waals surface area (Å²) in [6, 6.07) is 1.72. The molecule has 0 aliphatic rings. The third-order valence-corrected chi connectivity index (χ3v) is 4.85. The summed E-state index contributed by atoms with van der Waals surface area (Å²) in [7, 11) is -1.83. The molecule has 0 saturated heterocycles. The third kappa shape index (κ3) is 3.28. The van der Waals surface area contributed by atoms with Crippen molar-refractivity contribution < 1.29 is 28.0 Å². The molecular weight excluding hydrogens is 304 g/mol. The minimum absolute atomic E-state index is 0.225. The van der Waals surface area contributed by atoms with Gasteiger partial charge in [-0.25, -0.2) is 8.42 Å². The summed E-state index contributed by atoms with van der Waals surface area (Å²) < 4.78 is 30.0. The Kier molecular flexibility index (Phi) is 4.86. The van der Waals surface area contributed by atoms with E-state index in [0.717, 1.165) is 25.2 Å². The first-order valence-electron chi connectivity index (χ1n) is 5.66. The maximum absolute atomic E-state index is 12.3. The van der Waals surface area contributed by atoms with E-state index in [0.29, 0.717) is 4.31 Å². The number of nitro benzene ring substituents is 1. The van der Waals surface area contributed by atoms with E-state index in [1.807, 2.05) is 0 Å². The molecule has 0 amide bonds. The minimum Gasteiger partial charge on any atom is -0.490 e. The second-order valence-electron chi connectivity index (χ2n) is 4.13. The molecule has 0 radical (unpaired) electrons. The number of nitrogens with zero attached hydrogens (tertiary/aromatic N) is 2. The van der Waals surface area contributed by atoms with Crippen LogP contribution < -0.4 is 4.74 Å². The van der Waals surface area contributed by atoms with Gasteiger partial charge in [0.1, 0.15) is 6.04 Å². The number of likely N-dealkylation sites (N-methyl/N-ethyl adjacent to an activating group) is 1. The second-order valence-corrected chi connectivity index (χ2v) is 6.12. The number of hydrogen-bond donors (Lipinski definition) is 1. The molecule has 9 nitrogen and oxygen atoms in total. The van der Waals surface area contributed by atoms with Gasteiger partial charge < -0.3 is 9.84 Å². The van der Waals surface area contributed by atoms with E-state index in [-0.39, 0.29) is 16.3 Å². The fraction of sp³-hybridized carbons (Fsp3) is 0.364. The summed E-state index contributed by atoms with van der Waals surface area (Å²) in [6.07, 6.45) is 0. The van der Waals surface area contributed by atoms with E-state index in [2.05, 4.69) is 0 Å². The first-order chi connectivity index (χ1) is 9.62. The van der Waals surface area contributed by atoms with Gasteiger partial charge in [-0.15, -0.1) is 0 Å². The molecule has 1 aromatic rings. The number of rotatable bonds is 6. The van der Waals surface area contributed by atoms with Crippen molar-refractivity contribution in [1.82, 2.24) is 4.31 Å². The standard InChI is InChI=1S/C11H14N2O7S/c1-7(11(14)15)12(2)21(18,19)8-4-5-9(13(16)17)10(6-8)20-3/h4-7H,1-3H3,(H,14,15). The lowest BCUT2D eigenvalue weighted by Gasteiger charge is -2.21. The van der Waals surface area contributed by atoms with Crippen LogP contribution in [0.1, 0.15) is 6.92 Å². The maximum Gasteiger partial charge on any atom is 0.321 e. The van der Waals surface area contributed by atoms with Gasteiger partial charge in [0.15, 0.2) is 5.75 Å². The van der Waals surface area contributed by atoms with E-state index in [1.54, 1.807) is 0 Å². The van der Waals surface area contributed by atoms with Crippen LogP contribution >= 0.6 is 0 Å². The average molecular weight is 318 g/mol. The fourth-order valence-electron chi connectivity index (χ4n) is 1.50. The molecule has 1 rings (SSSR count). The zero-order valence-corrected chi connectivity index (χ0v) is 12.3. The summed E-state index contributed by atoms with van der Waals surface area (Å²) in [4.78, 5) is 20.6. The van der Waals surface area contributed by atoms with Crippen LogP contribution in [0.5, 0.6) is 5.75 Å². The van der Waals surface area contributed by atoms with Crippen molar-refractivity contribution in [3.8, 4) is 5.75 Å². The van der Waals surface area contributed by atoms with E-state index in [9.17, 15) is 23.3 Å². The first kappa shape index (κ1) is 16.9. The number of aliphatic carboxylic acids is 1. The highest BCUT2D eigenvalue weighted by Crippen LogP contribution is 2.30. The smallest absolute Gasteiger partial charge is 0.321 e. The van der Waals surface area contributed by atoms with Crippen LogP contribution in [0.15, 0.2) is 23.1 Å². The summed E-state index contributed by atoms with van der Waals surface area (Å²) in [5, 5.41) is 19.6. The molecule has 0 aliphatic carbocycles. The summed E-state index contributed by atoms with van der Waals surface area (Å²) >= 11 is 0. The lowest BCUT2D eigenvalue weighted by atomic mass is 10.3. The number of sulfonamides is 1. The molecule has 0 bridgehead atoms. The molecule has 0 aromatic heterocycles. The largest absolute Gasteiger partial charge is 0.490 e. The van der Waals surface area contributed by atoms with Gasteiger partial charge in [-0.2, -0.15) is 4.31 Å². The zero-order chi connectivity index (χ0) is 16.4. The molecule has 1 unspecified atom stereocenters. The summed E-state index contributed by atoms with van der Waals surface area (Å²) in [5.41, 5.74) is -0.384. The lowest BCUT2D eigenvalue weighted by Crippen LogP contribution is -2.40. The van der Waals surface area contributed by atoms with Gasteiger partial charge in [0.05, 0.1) is 16.9 Å². The molecule has 21 heavy (non-hydrogen) atoms. The van der Waals surface area contributed by atoms with Crippen molar-refractivity contribution in [1.29, 1.82) is 0 Å². The Bertz CT molecular complexity index is 671. The van der Waals surface area contributed by atoms with Gasteiger partial charge >= 0.3 is 11.7 Å². The van der Waals surface area contributed by atoms with Gasteiger partial charge in [-0.1, -0.05) is 0 Å². The van der Waals surface area contributed by atoms with Crippen molar-refractivity contribution in [2.45, 2.75) is 17.9 Å². The molecule has 10 heteroatoms. The van der Waals surface area contributed by atoms with Crippen LogP contribution in [0.2, 0.25) is 0 Å². The molecule has 0 fully saturated rings. The Labute approximate surface area is 120 Å². The number of ether oxygens (including phenoxy) is 1. The number of benzene rings is 1. The third-order valence-electron chi connectivity index (χ3n) is 2.93. The average Bonchev–Trinajstić information content (AvgIpc) is 2.44. The molecule has 1 atom stereocenters. The Hall–Kier alpha value is -2.20. The Morgan fingerprint density at radius 2 is 2.05 bits per heavy atom. The van der Waals surface area contributed by atoms with Crippen molar-refractivity contribution >= 4 is 21.7 Å². The monoisotopic (exact) mass is 318 g/mol. The number of carboxylic acids is 1. The van der Waals surface area contributed by atoms with Crippen LogP contribution in [0.25, 0.3) is 0 Å². The molecule has 0 heterocycles. The van der Waals surface area contributed by atoms with Crippen LogP contribution in [0, 0.1) is 10.1 Å².